The fourth-order valence-corrected chi connectivity index (χ4v) is 1.15. The van der Waals surface area contributed by atoms with Gasteiger partial charge in [-0.25, -0.2) is 0 Å². The first-order valence-corrected chi connectivity index (χ1v) is 4.90. The molecule has 0 radical (unpaired) electrons. The molecule has 0 rings (SSSR count). The van der Waals surface area contributed by atoms with Gasteiger partial charge in [0.15, 0.2) is 5.78 Å². The Balaban J connectivity index is 4.14. The molecule has 0 N–H and O–H groups in total. The quantitative estimate of drug-likeness (QED) is 0.610. The molecule has 0 bridgehead atoms. The highest BCUT2D eigenvalue weighted by atomic mass is 16.5. The number of carbonyl (C=O) groups is 1. The molecule has 0 aliphatic carbocycles. The molecule has 0 aromatic carbocycles. The topological polar surface area (TPSA) is 29.5 Å². The molecule has 0 heterocycles. The normalized spacial score (nSPS) is 12.0. The molecule has 0 saturated carbocycles. The second-order valence-electron chi connectivity index (χ2n) is 3.80. The van der Waals surface area contributed by atoms with E-state index in [1.165, 1.54) is 0 Å². The zero-order chi connectivity index (χ0) is 11.1. The molecule has 0 fully saturated rings. The van der Waals surface area contributed by atoms with Crippen molar-refractivity contribution in [1.29, 1.82) is 0 Å². The minimum absolute atomic E-state index is 0.0714. The van der Waals surface area contributed by atoms with Crippen LogP contribution in [0.5, 0.6) is 0 Å². The van der Waals surface area contributed by atoms with E-state index in [4.69, 9.17) is 4.74 Å². The second kappa shape index (κ2) is 6.60. The smallest absolute Gasteiger partial charge is 0.162 e. The minimum atomic E-state index is 0.0714. The zero-order valence-electron chi connectivity index (χ0n) is 9.83. The average Bonchev–Trinajstić information content (AvgIpc) is 2.13. The number of hydrogen-bond donors (Lipinski definition) is 0. The van der Waals surface area contributed by atoms with Crippen LogP contribution in [-0.2, 0) is 9.53 Å². The number of allylic oxidation sites excluding steroid dienone is 1. The number of nitrogens with zero attached hydrogens (tertiary/aromatic N) is 1. The summed E-state index contributed by atoms with van der Waals surface area (Å²) in [7, 11) is 3.61. The van der Waals surface area contributed by atoms with Gasteiger partial charge >= 0.3 is 0 Å². The predicted molar refractivity (Wildman–Crippen MR) is 58.1 cm³/mol. The summed E-state index contributed by atoms with van der Waals surface area (Å²) in [5.41, 5.74) is 0.804. The molecule has 0 aromatic rings. The third-order valence-electron chi connectivity index (χ3n) is 1.98. The van der Waals surface area contributed by atoms with Crippen LogP contribution in [-0.4, -0.2) is 38.0 Å². The van der Waals surface area contributed by atoms with Crippen LogP contribution in [0.1, 0.15) is 20.8 Å². The molecular weight excluding hydrogens is 178 g/mol. The Hall–Kier alpha value is -0.830. The first-order valence-electron chi connectivity index (χ1n) is 4.90. The minimum Gasteiger partial charge on any atom is -0.383 e. The van der Waals surface area contributed by atoms with Gasteiger partial charge in [0, 0.05) is 38.4 Å². The van der Waals surface area contributed by atoms with E-state index in [0.717, 1.165) is 12.1 Å². The number of ether oxygens (including phenoxy) is 1. The number of carbonyl (C=O) groups excluding carboxylic acids is 1. The summed E-state index contributed by atoms with van der Waals surface area (Å²) >= 11 is 0. The highest BCUT2D eigenvalue weighted by Crippen LogP contribution is 2.05. The lowest BCUT2D eigenvalue weighted by Gasteiger charge is -2.15. The summed E-state index contributed by atoms with van der Waals surface area (Å²) in [6, 6.07) is 0. The van der Waals surface area contributed by atoms with E-state index >= 15 is 0 Å². The molecule has 0 atom stereocenters. The lowest BCUT2D eigenvalue weighted by Crippen LogP contribution is -2.19. The van der Waals surface area contributed by atoms with Crippen molar-refractivity contribution in [3.8, 4) is 0 Å². The number of methoxy groups -OCH3 is 1. The van der Waals surface area contributed by atoms with E-state index in [9.17, 15) is 4.79 Å². The molecule has 0 aromatic heterocycles. The van der Waals surface area contributed by atoms with E-state index in [0.29, 0.717) is 6.61 Å². The van der Waals surface area contributed by atoms with E-state index < -0.39 is 0 Å². The van der Waals surface area contributed by atoms with Crippen molar-refractivity contribution in [1.82, 2.24) is 4.90 Å². The average molecular weight is 199 g/mol. The molecule has 0 spiro atoms. The van der Waals surface area contributed by atoms with Crippen molar-refractivity contribution in [2.24, 2.45) is 5.92 Å². The molecule has 82 valence electrons. The van der Waals surface area contributed by atoms with Gasteiger partial charge < -0.3 is 9.64 Å². The molecule has 0 saturated heterocycles. The van der Waals surface area contributed by atoms with Crippen molar-refractivity contribution in [2.75, 3.05) is 27.3 Å². The van der Waals surface area contributed by atoms with Crippen LogP contribution in [0, 0.1) is 5.92 Å². The Morgan fingerprint density at radius 3 is 2.50 bits per heavy atom. The molecular formula is C11H21NO2. The maximum absolute atomic E-state index is 11.5. The summed E-state index contributed by atoms with van der Waals surface area (Å²) in [5.74, 6) is 0.274. The SMILES string of the molecule is COCCN(C)C=C(C)C(=O)C(C)C. The third kappa shape index (κ3) is 5.02. The van der Waals surface area contributed by atoms with Gasteiger partial charge in [-0.15, -0.1) is 0 Å². The van der Waals surface area contributed by atoms with Gasteiger partial charge in [0.2, 0.25) is 0 Å². The zero-order valence-corrected chi connectivity index (χ0v) is 9.83. The lowest BCUT2D eigenvalue weighted by atomic mass is 10.0. The lowest BCUT2D eigenvalue weighted by molar-refractivity contribution is -0.118. The van der Waals surface area contributed by atoms with Crippen LogP contribution < -0.4 is 0 Å². The Kier molecular flexibility index (Phi) is 6.21. The van der Waals surface area contributed by atoms with Crippen LogP contribution in [0.4, 0.5) is 0 Å². The van der Waals surface area contributed by atoms with Gasteiger partial charge in [0.05, 0.1) is 6.61 Å². The van der Waals surface area contributed by atoms with E-state index in [2.05, 4.69) is 0 Å². The van der Waals surface area contributed by atoms with Gasteiger partial charge in [-0.2, -0.15) is 0 Å². The maximum atomic E-state index is 11.5. The van der Waals surface area contributed by atoms with Crippen LogP contribution in [0.15, 0.2) is 11.8 Å². The van der Waals surface area contributed by atoms with Gasteiger partial charge in [-0.05, 0) is 6.92 Å². The molecule has 0 aliphatic heterocycles. The van der Waals surface area contributed by atoms with Crippen LogP contribution in [0.2, 0.25) is 0 Å². The standard InChI is InChI=1S/C11H21NO2/c1-9(2)11(13)10(3)8-12(4)6-7-14-5/h8-9H,6-7H2,1-5H3. The Bertz CT molecular complexity index is 209. The van der Waals surface area contributed by atoms with E-state index in [1.807, 2.05) is 38.9 Å². The monoisotopic (exact) mass is 199 g/mol. The van der Waals surface area contributed by atoms with Crippen LogP contribution >= 0.6 is 0 Å². The summed E-state index contributed by atoms with van der Waals surface area (Å²) in [6.45, 7) is 7.16. The van der Waals surface area contributed by atoms with Gasteiger partial charge in [-0.3, -0.25) is 4.79 Å². The van der Waals surface area contributed by atoms with Crippen molar-refractivity contribution in [3.63, 3.8) is 0 Å². The molecule has 14 heavy (non-hydrogen) atoms. The van der Waals surface area contributed by atoms with Crippen molar-refractivity contribution in [2.45, 2.75) is 20.8 Å². The van der Waals surface area contributed by atoms with Gasteiger partial charge in [0.25, 0.3) is 0 Å². The Morgan fingerprint density at radius 2 is 2.07 bits per heavy atom. The number of Topliss-reactive ketones (excluding diaryl/α,β-unsaturated/α-hetero) is 1. The fraction of sp³-hybridized carbons (Fsp3) is 0.727. The summed E-state index contributed by atoms with van der Waals surface area (Å²) in [4.78, 5) is 13.5. The van der Waals surface area contributed by atoms with Gasteiger partial charge in [-0.1, -0.05) is 13.8 Å². The number of ketones is 1. The molecule has 0 aliphatic rings. The predicted octanol–water partition coefficient (Wildman–Crippen LogP) is 1.69. The highest BCUT2D eigenvalue weighted by Gasteiger charge is 2.09. The molecule has 3 nitrogen and oxygen atoms in total. The summed E-state index contributed by atoms with van der Waals surface area (Å²) in [6.07, 6.45) is 1.88. The van der Waals surface area contributed by atoms with Crippen molar-refractivity contribution < 1.29 is 9.53 Å². The first-order chi connectivity index (χ1) is 6.49. The van der Waals surface area contributed by atoms with Crippen LogP contribution in [0.25, 0.3) is 0 Å². The molecule has 0 unspecified atom stereocenters. The second-order valence-corrected chi connectivity index (χ2v) is 3.80. The third-order valence-corrected chi connectivity index (χ3v) is 1.98. The highest BCUT2D eigenvalue weighted by molar-refractivity contribution is 5.95. The number of rotatable bonds is 6. The summed E-state index contributed by atoms with van der Waals surface area (Å²) < 4.78 is 4.95. The Morgan fingerprint density at radius 1 is 1.50 bits per heavy atom. The maximum Gasteiger partial charge on any atom is 0.162 e. The van der Waals surface area contributed by atoms with E-state index in [-0.39, 0.29) is 11.7 Å². The first kappa shape index (κ1) is 13.2. The van der Waals surface area contributed by atoms with Crippen molar-refractivity contribution >= 4 is 5.78 Å². The fourth-order valence-electron chi connectivity index (χ4n) is 1.15. The van der Waals surface area contributed by atoms with Gasteiger partial charge in [0.1, 0.15) is 0 Å². The molecule has 0 amide bonds. The van der Waals surface area contributed by atoms with Crippen LogP contribution in [0.3, 0.4) is 0 Å². The van der Waals surface area contributed by atoms with E-state index in [1.54, 1.807) is 7.11 Å². The van der Waals surface area contributed by atoms with Crippen molar-refractivity contribution in [3.05, 3.63) is 11.8 Å². The largest absolute Gasteiger partial charge is 0.383 e. The summed E-state index contributed by atoms with van der Waals surface area (Å²) in [5, 5.41) is 0. The number of hydrogen-bond acceptors (Lipinski definition) is 3. The number of likely N-dealkylation sites (N-methyl/N-ethyl adjacent to an activating group) is 1. The Labute approximate surface area is 86.7 Å². The molecule has 3 heteroatoms.